The summed E-state index contributed by atoms with van der Waals surface area (Å²) in [7, 11) is 0. The number of rotatable bonds is 2. The maximum atomic E-state index is 12.5. The molecule has 1 aromatic rings. The van der Waals surface area contributed by atoms with Gasteiger partial charge in [-0.15, -0.1) is 10.2 Å². The van der Waals surface area contributed by atoms with Crippen molar-refractivity contribution in [3.8, 4) is 0 Å². The van der Waals surface area contributed by atoms with Gasteiger partial charge >= 0.3 is 6.18 Å². The van der Waals surface area contributed by atoms with Gasteiger partial charge in [-0.2, -0.15) is 24.9 Å². The summed E-state index contributed by atoms with van der Waals surface area (Å²) in [6, 6.07) is 0. The Labute approximate surface area is 112 Å². The van der Waals surface area contributed by atoms with E-state index in [1.807, 2.05) is 16.7 Å². The second-order valence-electron chi connectivity index (χ2n) is 4.49. The molecule has 1 saturated heterocycles. The van der Waals surface area contributed by atoms with E-state index in [9.17, 15) is 13.2 Å². The molecule has 3 nitrogen and oxygen atoms in total. The first kappa shape index (κ1) is 13.9. The number of halogens is 3. The second-order valence-corrected chi connectivity index (χ2v) is 6.79. The maximum Gasteiger partial charge on any atom is 0.445 e. The molecule has 0 spiro atoms. The van der Waals surface area contributed by atoms with E-state index in [-0.39, 0.29) is 0 Å². The van der Waals surface area contributed by atoms with Crippen molar-refractivity contribution in [2.45, 2.75) is 25.3 Å². The van der Waals surface area contributed by atoms with Crippen LogP contribution in [-0.4, -0.2) is 34.3 Å². The fourth-order valence-corrected chi connectivity index (χ4v) is 3.76. The summed E-state index contributed by atoms with van der Waals surface area (Å²) in [5, 5.41) is 6.85. The molecule has 0 aliphatic carbocycles. The Bertz CT molecular complexity index is 405. The molecule has 1 aliphatic rings. The largest absolute Gasteiger partial charge is 0.445 e. The van der Waals surface area contributed by atoms with Gasteiger partial charge in [-0.1, -0.05) is 25.2 Å². The molecule has 0 amide bonds. The van der Waals surface area contributed by atoms with Crippen LogP contribution in [0.3, 0.4) is 0 Å². The summed E-state index contributed by atoms with van der Waals surface area (Å²) in [5.74, 6) is 1.43. The van der Waals surface area contributed by atoms with Gasteiger partial charge in [-0.3, -0.25) is 0 Å². The lowest BCUT2D eigenvalue weighted by Gasteiger charge is -2.33. The number of thioether (sulfide) groups is 1. The molecule has 1 fully saturated rings. The van der Waals surface area contributed by atoms with Crippen LogP contribution in [-0.2, 0) is 6.18 Å². The Hall–Kier alpha value is -0.500. The molecule has 102 valence electrons. The lowest BCUT2D eigenvalue weighted by molar-refractivity contribution is -0.138. The van der Waals surface area contributed by atoms with Gasteiger partial charge in [0.15, 0.2) is 0 Å². The minimum absolute atomic E-state index is 0.383. The number of aromatic nitrogens is 2. The van der Waals surface area contributed by atoms with Crippen LogP contribution in [0.1, 0.15) is 18.9 Å². The van der Waals surface area contributed by atoms with Crippen LogP contribution in [0.25, 0.3) is 0 Å². The Morgan fingerprint density at radius 1 is 1.33 bits per heavy atom. The molecule has 1 aromatic heterocycles. The first-order valence-electron chi connectivity index (χ1n) is 5.65. The smallest absolute Gasteiger partial charge is 0.345 e. The molecule has 8 heteroatoms. The highest BCUT2D eigenvalue weighted by Gasteiger charge is 2.36. The third kappa shape index (κ3) is 3.09. The standard InChI is InChI=1S/C10H14F3N3S2/c1-6(2)7-5-16(3-4-17-7)9-15-14-8(18-9)10(11,12)13/h6-7H,3-5H2,1-2H3. The van der Waals surface area contributed by atoms with E-state index in [4.69, 9.17) is 0 Å². The quantitative estimate of drug-likeness (QED) is 0.838. The first-order chi connectivity index (χ1) is 8.38. The summed E-state index contributed by atoms with van der Waals surface area (Å²) in [6.07, 6.45) is -4.39. The molecule has 1 unspecified atom stereocenters. The normalized spacial score (nSPS) is 21.7. The Morgan fingerprint density at radius 2 is 2.06 bits per heavy atom. The Balaban J connectivity index is 2.09. The molecule has 2 rings (SSSR count). The molecular weight excluding hydrogens is 283 g/mol. The molecule has 0 aromatic carbocycles. The second kappa shape index (κ2) is 5.24. The zero-order chi connectivity index (χ0) is 13.3. The van der Waals surface area contributed by atoms with Gasteiger partial charge in [0, 0.05) is 24.1 Å². The minimum atomic E-state index is -4.39. The van der Waals surface area contributed by atoms with Crippen LogP contribution in [0.4, 0.5) is 18.3 Å². The van der Waals surface area contributed by atoms with E-state index < -0.39 is 11.2 Å². The van der Waals surface area contributed by atoms with Crippen molar-refractivity contribution in [2.24, 2.45) is 5.92 Å². The van der Waals surface area contributed by atoms with Crippen LogP contribution in [0, 0.1) is 5.92 Å². The van der Waals surface area contributed by atoms with Crippen LogP contribution < -0.4 is 4.90 Å². The topological polar surface area (TPSA) is 29.0 Å². The molecule has 18 heavy (non-hydrogen) atoms. The van der Waals surface area contributed by atoms with Crippen molar-refractivity contribution in [3.63, 3.8) is 0 Å². The Morgan fingerprint density at radius 3 is 2.61 bits per heavy atom. The van der Waals surface area contributed by atoms with E-state index in [2.05, 4.69) is 24.0 Å². The van der Waals surface area contributed by atoms with Crippen LogP contribution in [0.15, 0.2) is 0 Å². The van der Waals surface area contributed by atoms with Gasteiger partial charge in [0.2, 0.25) is 10.1 Å². The number of anilines is 1. The average Bonchev–Trinajstić information content (AvgIpc) is 2.78. The van der Waals surface area contributed by atoms with E-state index in [1.54, 1.807) is 0 Å². The predicted molar refractivity (Wildman–Crippen MR) is 68.2 cm³/mol. The van der Waals surface area contributed by atoms with Gasteiger partial charge < -0.3 is 4.90 Å². The van der Waals surface area contributed by atoms with Gasteiger partial charge in [0.25, 0.3) is 0 Å². The zero-order valence-electron chi connectivity index (χ0n) is 10.1. The SMILES string of the molecule is CC(C)C1CN(c2nnc(C(F)(F)F)s2)CCS1. The van der Waals surface area contributed by atoms with E-state index >= 15 is 0 Å². The summed E-state index contributed by atoms with van der Waals surface area (Å²) < 4.78 is 37.4. The van der Waals surface area contributed by atoms with Crippen LogP contribution >= 0.6 is 23.1 Å². The fourth-order valence-electron chi connectivity index (χ4n) is 1.71. The first-order valence-corrected chi connectivity index (χ1v) is 7.51. The van der Waals surface area contributed by atoms with Gasteiger partial charge in [-0.25, -0.2) is 0 Å². The summed E-state index contributed by atoms with van der Waals surface area (Å²) in [5.41, 5.74) is 0. The van der Waals surface area contributed by atoms with Gasteiger partial charge in [0.05, 0.1) is 0 Å². The molecule has 0 saturated carbocycles. The molecule has 2 heterocycles. The third-order valence-corrected chi connectivity index (χ3v) is 5.33. The van der Waals surface area contributed by atoms with Gasteiger partial charge in [0.1, 0.15) is 0 Å². The van der Waals surface area contributed by atoms with Crippen molar-refractivity contribution in [1.82, 2.24) is 10.2 Å². The highest BCUT2D eigenvalue weighted by Crippen LogP contribution is 2.36. The highest BCUT2D eigenvalue weighted by molar-refractivity contribution is 8.00. The van der Waals surface area contributed by atoms with E-state index in [0.717, 1.165) is 18.8 Å². The van der Waals surface area contributed by atoms with Crippen molar-refractivity contribution in [3.05, 3.63) is 5.01 Å². The Kier molecular flexibility index (Phi) is 4.05. The fraction of sp³-hybridized carbons (Fsp3) is 0.800. The average molecular weight is 297 g/mol. The van der Waals surface area contributed by atoms with Crippen LogP contribution in [0.5, 0.6) is 0 Å². The summed E-state index contributed by atoms with van der Waals surface area (Å²) in [4.78, 5) is 1.91. The van der Waals surface area contributed by atoms with Crippen molar-refractivity contribution < 1.29 is 13.2 Å². The predicted octanol–water partition coefficient (Wildman–Crippen LogP) is 3.13. The molecule has 1 atom stereocenters. The van der Waals surface area contributed by atoms with Crippen LogP contribution in [0.2, 0.25) is 0 Å². The minimum Gasteiger partial charge on any atom is -0.345 e. The number of hydrogen-bond donors (Lipinski definition) is 0. The molecular formula is C10H14F3N3S2. The van der Waals surface area contributed by atoms with Crippen molar-refractivity contribution >= 4 is 28.2 Å². The lowest BCUT2D eigenvalue weighted by atomic mass is 10.1. The highest BCUT2D eigenvalue weighted by atomic mass is 32.2. The number of nitrogens with zero attached hydrogens (tertiary/aromatic N) is 3. The summed E-state index contributed by atoms with van der Waals surface area (Å²) >= 11 is 2.50. The third-order valence-electron chi connectivity index (χ3n) is 2.76. The van der Waals surface area contributed by atoms with Gasteiger partial charge in [-0.05, 0) is 5.92 Å². The maximum absolute atomic E-state index is 12.5. The zero-order valence-corrected chi connectivity index (χ0v) is 11.7. The molecule has 0 N–H and O–H groups in total. The lowest BCUT2D eigenvalue weighted by Crippen LogP contribution is -2.39. The van der Waals surface area contributed by atoms with E-state index in [1.165, 1.54) is 0 Å². The monoisotopic (exact) mass is 297 g/mol. The summed E-state index contributed by atoms with van der Waals surface area (Å²) in [6.45, 7) is 5.74. The van der Waals surface area contributed by atoms with Crippen molar-refractivity contribution in [1.29, 1.82) is 0 Å². The molecule has 1 aliphatic heterocycles. The number of alkyl halides is 3. The molecule has 0 bridgehead atoms. The number of hydrogen-bond acceptors (Lipinski definition) is 5. The molecule has 0 radical (unpaired) electrons. The van der Waals surface area contributed by atoms with E-state index in [0.29, 0.717) is 27.6 Å². The van der Waals surface area contributed by atoms with Crippen molar-refractivity contribution in [2.75, 3.05) is 23.7 Å².